The fourth-order valence-corrected chi connectivity index (χ4v) is 4.83. The van der Waals surface area contributed by atoms with Crippen LogP contribution in [0.2, 0.25) is 25.7 Å². The highest BCUT2D eigenvalue weighted by atomic mass is 79.9. The van der Waals surface area contributed by atoms with Crippen molar-refractivity contribution in [2.24, 2.45) is 0 Å². The van der Waals surface area contributed by atoms with E-state index in [4.69, 9.17) is 4.74 Å². The second kappa shape index (κ2) is 6.94. The molecule has 0 radical (unpaired) electrons. The van der Waals surface area contributed by atoms with Gasteiger partial charge in [0.15, 0.2) is 0 Å². The van der Waals surface area contributed by atoms with Crippen molar-refractivity contribution in [2.75, 3.05) is 6.61 Å². The van der Waals surface area contributed by atoms with Crippen molar-refractivity contribution in [1.82, 2.24) is 4.57 Å². The summed E-state index contributed by atoms with van der Waals surface area (Å²) in [6.45, 7) is 10.4. The molecule has 0 fully saturated rings. The van der Waals surface area contributed by atoms with Gasteiger partial charge in [-0.25, -0.2) is 0 Å². The Morgan fingerprint density at radius 3 is 2.71 bits per heavy atom. The van der Waals surface area contributed by atoms with E-state index in [9.17, 15) is 5.11 Å². The van der Waals surface area contributed by atoms with E-state index in [0.717, 1.165) is 35.0 Å². The third kappa shape index (κ3) is 3.64. The zero-order valence-corrected chi connectivity index (χ0v) is 17.7. The normalized spacial score (nSPS) is 15.9. The van der Waals surface area contributed by atoms with Gasteiger partial charge in [-0.05, 0) is 49.9 Å². The highest BCUT2D eigenvalue weighted by Crippen LogP contribution is 2.38. The number of aromatic nitrogens is 1. The lowest BCUT2D eigenvalue weighted by Gasteiger charge is -2.18. The smallest absolute Gasteiger partial charge is 0.123 e. The summed E-state index contributed by atoms with van der Waals surface area (Å²) in [5.41, 5.74) is 4.99. The quantitative estimate of drug-likeness (QED) is 0.521. The number of aliphatic hydroxyl groups is 1. The molecule has 2 aromatic rings. The van der Waals surface area contributed by atoms with Crippen LogP contribution in [-0.2, 0) is 24.3 Å². The standard InChI is InChI=1S/C19H28BrNO2Si/c1-13(22)16-10-14(20)11-17-15-6-5-7-18(15)21(19(16)17)12-23-8-9-24(2,3)4/h10-11,13,22H,5-9,12H2,1-4H3. The van der Waals surface area contributed by atoms with Crippen LogP contribution in [0.5, 0.6) is 0 Å². The number of halogens is 1. The molecule has 1 N–H and O–H groups in total. The summed E-state index contributed by atoms with van der Waals surface area (Å²) in [5, 5.41) is 11.5. The predicted molar refractivity (Wildman–Crippen MR) is 106 cm³/mol. The van der Waals surface area contributed by atoms with Gasteiger partial charge >= 0.3 is 0 Å². The van der Waals surface area contributed by atoms with Crippen molar-refractivity contribution >= 4 is 34.9 Å². The van der Waals surface area contributed by atoms with Gasteiger partial charge in [0, 0.05) is 35.8 Å². The first-order chi connectivity index (χ1) is 11.3. The minimum absolute atomic E-state index is 0.485. The number of aliphatic hydroxyl groups excluding tert-OH is 1. The number of hydrogen-bond donors (Lipinski definition) is 1. The van der Waals surface area contributed by atoms with E-state index in [-0.39, 0.29) is 0 Å². The van der Waals surface area contributed by atoms with E-state index >= 15 is 0 Å². The Labute approximate surface area is 154 Å². The SMILES string of the molecule is CC(O)c1cc(Br)cc2c3c(n(COCC[Si](C)(C)C)c12)CCC3. The highest BCUT2D eigenvalue weighted by Gasteiger charge is 2.25. The van der Waals surface area contributed by atoms with Crippen LogP contribution in [0.15, 0.2) is 16.6 Å². The van der Waals surface area contributed by atoms with E-state index in [1.807, 2.05) is 13.0 Å². The first-order valence-corrected chi connectivity index (χ1v) is 13.4. The molecule has 3 nitrogen and oxygen atoms in total. The first-order valence-electron chi connectivity index (χ1n) is 8.87. The molecule has 0 aliphatic heterocycles. The third-order valence-corrected chi connectivity index (χ3v) is 7.04. The number of nitrogens with zero attached hydrogens (tertiary/aromatic N) is 1. The van der Waals surface area contributed by atoms with Crippen LogP contribution < -0.4 is 0 Å². The first kappa shape index (κ1) is 18.2. The van der Waals surface area contributed by atoms with Crippen LogP contribution in [-0.4, -0.2) is 24.4 Å². The highest BCUT2D eigenvalue weighted by molar-refractivity contribution is 9.10. The molecule has 24 heavy (non-hydrogen) atoms. The molecule has 1 aliphatic carbocycles. The summed E-state index contributed by atoms with van der Waals surface area (Å²) < 4.78 is 9.41. The Hall–Kier alpha value is -0.623. The van der Waals surface area contributed by atoms with Crippen molar-refractivity contribution in [2.45, 2.75) is 64.7 Å². The second-order valence-corrected chi connectivity index (χ2v) is 14.7. The van der Waals surface area contributed by atoms with Gasteiger partial charge in [-0.3, -0.25) is 0 Å². The fraction of sp³-hybridized carbons (Fsp3) is 0.579. The van der Waals surface area contributed by atoms with E-state index in [2.05, 4.69) is 46.2 Å². The molecule has 5 heteroatoms. The number of ether oxygens (including phenoxy) is 1. The average molecular weight is 410 g/mol. The van der Waals surface area contributed by atoms with Gasteiger partial charge in [0.1, 0.15) is 6.73 Å². The van der Waals surface area contributed by atoms with Crippen molar-refractivity contribution in [3.8, 4) is 0 Å². The predicted octanol–water partition coefficient (Wildman–Crippen LogP) is 5.26. The molecule has 3 rings (SSSR count). The number of fused-ring (bicyclic) bond motifs is 3. The summed E-state index contributed by atoms with van der Waals surface area (Å²) >= 11 is 3.61. The van der Waals surface area contributed by atoms with Crippen molar-refractivity contribution < 1.29 is 9.84 Å². The van der Waals surface area contributed by atoms with E-state index in [1.165, 1.54) is 29.1 Å². The summed E-state index contributed by atoms with van der Waals surface area (Å²) in [4.78, 5) is 0. The Morgan fingerprint density at radius 1 is 1.29 bits per heavy atom. The van der Waals surface area contributed by atoms with Crippen LogP contribution in [0.4, 0.5) is 0 Å². The van der Waals surface area contributed by atoms with Gasteiger partial charge in [0.2, 0.25) is 0 Å². The number of benzene rings is 1. The molecule has 0 spiro atoms. The molecule has 1 aliphatic rings. The van der Waals surface area contributed by atoms with Gasteiger partial charge in [0.25, 0.3) is 0 Å². The van der Waals surface area contributed by atoms with Crippen LogP contribution in [0.3, 0.4) is 0 Å². The molecule has 132 valence electrons. The van der Waals surface area contributed by atoms with E-state index < -0.39 is 14.2 Å². The third-order valence-electron chi connectivity index (χ3n) is 4.88. The number of hydrogen-bond acceptors (Lipinski definition) is 2. The fourth-order valence-electron chi connectivity index (χ4n) is 3.60. The Bertz CT molecular complexity index is 746. The van der Waals surface area contributed by atoms with Gasteiger partial charge in [-0.2, -0.15) is 0 Å². The van der Waals surface area contributed by atoms with Gasteiger partial charge in [-0.1, -0.05) is 35.6 Å². The zero-order valence-electron chi connectivity index (χ0n) is 15.2. The molecule has 0 bridgehead atoms. The van der Waals surface area contributed by atoms with Crippen molar-refractivity contribution in [3.63, 3.8) is 0 Å². The molecular formula is C19H28BrNO2Si. The summed E-state index contributed by atoms with van der Waals surface area (Å²) in [5.74, 6) is 0. The van der Waals surface area contributed by atoms with Gasteiger partial charge in [0.05, 0.1) is 11.6 Å². The number of rotatable bonds is 6. The molecule has 0 saturated heterocycles. The molecule has 1 aromatic heterocycles. The topological polar surface area (TPSA) is 34.4 Å². The minimum atomic E-state index is -1.07. The molecule has 0 saturated carbocycles. The molecule has 1 aromatic carbocycles. The zero-order chi connectivity index (χ0) is 17.5. The largest absolute Gasteiger partial charge is 0.389 e. The summed E-state index contributed by atoms with van der Waals surface area (Å²) in [6.07, 6.45) is 2.97. The van der Waals surface area contributed by atoms with Crippen LogP contribution in [0, 0.1) is 0 Å². The Morgan fingerprint density at radius 2 is 2.04 bits per heavy atom. The lowest BCUT2D eigenvalue weighted by Crippen LogP contribution is -2.22. The maximum Gasteiger partial charge on any atom is 0.123 e. The molecule has 1 unspecified atom stereocenters. The maximum atomic E-state index is 10.3. The lowest BCUT2D eigenvalue weighted by molar-refractivity contribution is 0.0882. The number of aryl methyl sites for hydroxylation is 1. The molecule has 0 amide bonds. The Kier molecular flexibility index (Phi) is 5.26. The van der Waals surface area contributed by atoms with Crippen LogP contribution >= 0.6 is 15.9 Å². The minimum Gasteiger partial charge on any atom is -0.389 e. The average Bonchev–Trinajstić information content (AvgIpc) is 3.04. The van der Waals surface area contributed by atoms with Crippen LogP contribution in [0.1, 0.15) is 36.3 Å². The lowest BCUT2D eigenvalue weighted by atomic mass is 10.0. The molecule has 1 heterocycles. The van der Waals surface area contributed by atoms with Gasteiger partial charge in [-0.15, -0.1) is 0 Å². The van der Waals surface area contributed by atoms with Crippen molar-refractivity contribution in [1.29, 1.82) is 0 Å². The van der Waals surface area contributed by atoms with E-state index in [1.54, 1.807) is 0 Å². The summed E-state index contributed by atoms with van der Waals surface area (Å²) in [6, 6.07) is 5.42. The molecule has 1 atom stereocenters. The van der Waals surface area contributed by atoms with E-state index in [0.29, 0.717) is 6.73 Å². The second-order valence-electron chi connectivity index (χ2n) is 8.12. The van der Waals surface area contributed by atoms with Crippen LogP contribution in [0.25, 0.3) is 10.9 Å². The summed E-state index contributed by atoms with van der Waals surface area (Å²) in [7, 11) is -1.07. The molecular weight excluding hydrogens is 382 g/mol. The van der Waals surface area contributed by atoms with Crippen molar-refractivity contribution in [3.05, 3.63) is 33.4 Å². The maximum absolute atomic E-state index is 10.3. The monoisotopic (exact) mass is 409 g/mol. The van der Waals surface area contributed by atoms with Gasteiger partial charge < -0.3 is 14.4 Å². The Balaban J connectivity index is 1.97.